The molecular formula is C23H17N3O. The number of pyridine rings is 2. The van der Waals surface area contributed by atoms with Gasteiger partial charge in [0.15, 0.2) is 0 Å². The summed E-state index contributed by atoms with van der Waals surface area (Å²) in [5, 5.41) is 2.96. The molecule has 4 heteroatoms. The summed E-state index contributed by atoms with van der Waals surface area (Å²) in [5.74, 6) is -0.143. The van der Waals surface area contributed by atoms with Crippen LogP contribution in [0.5, 0.6) is 0 Å². The molecule has 4 rings (SSSR count). The number of hydrogen-bond donors (Lipinski definition) is 1. The Morgan fingerprint density at radius 3 is 1.93 bits per heavy atom. The topological polar surface area (TPSA) is 54.9 Å². The van der Waals surface area contributed by atoms with E-state index in [4.69, 9.17) is 0 Å². The van der Waals surface area contributed by atoms with Crippen LogP contribution in [0.15, 0.2) is 97.6 Å². The van der Waals surface area contributed by atoms with Crippen molar-refractivity contribution in [2.75, 3.05) is 5.32 Å². The van der Waals surface area contributed by atoms with Gasteiger partial charge in [-0.05, 0) is 53.1 Å². The Hall–Kier alpha value is -3.79. The third-order valence-corrected chi connectivity index (χ3v) is 4.26. The van der Waals surface area contributed by atoms with Crippen molar-refractivity contribution in [2.24, 2.45) is 0 Å². The van der Waals surface area contributed by atoms with Gasteiger partial charge in [-0.2, -0.15) is 0 Å². The second kappa shape index (κ2) is 7.62. The summed E-state index contributed by atoms with van der Waals surface area (Å²) >= 11 is 0. The fourth-order valence-corrected chi connectivity index (χ4v) is 2.86. The van der Waals surface area contributed by atoms with Gasteiger partial charge in [-0.25, -0.2) is 0 Å². The summed E-state index contributed by atoms with van der Waals surface area (Å²) in [7, 11) is 0. The van der Waals surface area contributed by atoms with E-state index < -0.39 is 0 Å². The molecule has 2 aromatic carbocycles. The zero-order valence-corrected chi connectivity index (χ0v) is 14.5. The molecule has 0 unspecified atom stereocenters. The van der Waals surface area contributed by atoms with Crippen LogP contribution in [-0.4, -0.2) is 15.9 Å². The molecule has 27 heavy (non-hydrogen) atoms. The van der Waals surface area contributed by atoms with Crippen LogP contribution >= 0.6 is 0 Å². The van der Waals surface area contributed by atoms with Crippen molar-refractivity contribution in [2.45, 2.75) is 0 Å². The molecule has 0 aliphatic carbocycles. The summed E-state index contributed by atoms with van der Waals surface area (Å²) < 4.78 is 0. The first kappa shape index (κ1) is 16.7. The van der Waals surface area contributed by atoms with Crippen LogP contribution in [0.4, 0.5) is 5.69 Å². The minimum atomic E-state index is -0.143. The van der Waals surface area contributed by atoms with E-state index in [0.29, 0.717) is 5.56 Å². The van der Waals surface area contributed by atoms with Crippen LogP contribution in [0.25, 0.3) is 22.3 Å². The lowest BCUT2D eigenvalue weighted by Gasteiger charge is -2.08. The van der Waals surface area contributed by atoms with Crippen molar-refractivity contribution in [1.82, 2.24) is 9.97 Å². The molecule has 0 spiro atoms. The zero-order chi connectivity index (χ0) is 18.5. The number of rotatable bonds is 4. The minimum absolute atomic E-state index is 0.143. The number of nitrogens with zero attached hydrogens (tertiary/aromatic N) is 2. The van der Waals surface area contributed by atoms with Crippen LogP contribution in [-0.2, 0) is 0 Å². The maximum absolute atomic E-state index is 12.6. The highest BCUT2D eigenvalue weighted by Crippen LogP contribution is 2.23. The number of carbonyl (C=O) groups excluding carboxylic acids is 1. The van der Waals surface area contributed by atoms with E-state index in [-0.39, 0.29) is 5.91 Å². The third-order valence-electron chi connectivity index (χ3n) is 4.26. The molecule has 4 nitrogen and oxygen atoms in total. The molecule has 0 aliphatic rings. The normalized spacial score (nSPS) is 10.4. The maximum atomic E-state index is 12.6. The highest BCUT2D eigenvalue weighted by atomic mass is 16.1. The number of hydrogen-bond acceptors (Lipinski definition) is 3. The Morgan fingerprint density at radius 1 is 0.667 bits per heavy atom. The van der Waals surface area contributed by atoms with Crippen LogP contribution in [0.2, 0.25) is 0 Å². The molecule has 2 aromatic heterocycles. The number of benzene rings is 2. The molecule has 0 saturated heterocycles. The summed E-state index contributed by atoms with van der Waals surface area (Å²) in [4.78, 5) is 20.8. The summed E-state index contributed by atoms with van der Waals surface area (Å²) in [6, 6.07) is 23.0. The molecule has 0 bridgehead atoms. The second-order valence-electron chi connectivity index (χ2n) is 6.10. The molecule has 4 aromatic rings. The molecule has 1 N–H and O–H groups in total. The molecule has 0 saturated carbocycles. The molecule has 0 aliphatic heterocycles. The van der Waals surface area contributed by atoms with Crippen molar-refractivity contribution in [1.29, 1.82) is 0 Å². The van der Waals surface area contributed by atoms with Crippen LogP contribution in [0.1, 0.15) is 10.4 Å². The average Bonchev–Trinajstić information content (AvgIpc) is 2.75. The van der Waals surface area contributed by atoms with Gasteiger partial charge >= 0.3 is 0 Å². The van der Waals surface area contributed by atoms with E-state index >= 15 is 0 Å². The second-order valence-corrected chi connectivity index (χ2v) is 6.10. The molecule has 0 radical (unpaired) electrons. The SMILES string of the molecule is O=C(Nc1cccc(-c2cccnc2)c1)c1ccc(-c2cccnc2)cc1. The maximum Gasteiger partial charge on any atom is 0.255 e. The summed E-state index contributed by atoms with van der Waals surface area (Å²) in [5.41, 5.74) is 5.42. The lowest BCUT2D eigenvalue weighted by atomic mass is 10.0. The highest BCUT2D eigenvalue weighted by Gasteiger charge is 2.08. The Labute approximate surface area is 157 Å². The first-order chi connectivity index (χ1) is 13.3. The van der Waals surface area contributed by atoms with Gasteiger partial charge in [0, 0.05) is 41.6 Å². The van der Waals surface area contributed by atoms with E-state index in [0.717, 1.165) is 27.9 Å². The molecular weight excluding hydrogens is 334 g/mol. The predicted octanol–water partition coefficient (Wildman–Crippen LogP) is 5.06. The van der Waals surface area contributed by atoms with E-state index in [2.05, 4.69) is 15.3 Å². The number of carbonyl (C=O) groups is 1. The summed E-state index contributed by atoms with van der Waals surface area (Å²) in [6.07, 6.45) is 7.09. The molecule has 1 amide bonds. The number of aromatic nitrogens is 2. The average molecular weight is 351 g/mol. The van der Waals surface area contributed by atoms with Gasteiger partial charge in [0.1, 0.15) is 0 Å². The molecule has 130 valence electrons. The zero-order valence-electron chi connectivity index (χ0n) is 14.5. The smallest absolute Gasteiger partial charge is 0.255 e. The molecule has 2 heterocycles. The van der Waals surface area contributed by atoms with Crippen molar-refractivity contribution in [3.63, 3.8) is 0 Å². The molecule has 0 atom stereocenters. The fraction of sp³-hybridized carbons (Fsp3) is 0. The lowest BCUT2D eigenvalue weighted by molar-refractivity contribution is 0.102. The Balaban J connectivity index is 1.51. The van der Waals surface area contributed by atoms with E-state index in [1.54, 1.807) is 24.8 Å². The van der Waals surface area contributed by atoms with Gasteiger partial charge in [0.2, 0.25) is 0 Å². The van der Waals surface area contributed by atoms with Gasteiger partial charge in [-0.1, -0.05) is 36.4 Å². The fourth-order valence-electron chi connectivity index (χ4n) is 2.86. The van der Waals surface area contributed by atoms with Gasteiger partial charge in [-0.3, -0.25) is 14.8 Å². The number of amides is 1. The van der Waals surface area contributed by atoms with Crippen molar-refractivity contribution in [3.05, 3.63) is 103 Å². The Kier molecular flexibility index (Phi) is 4.70. The minimum Gasteiger partial charge on any atom is -0.322 e. The van der Waals surface area contributed by atoms with Crippen LogP contribution in [0.3, 0.4) is 0 Å². The van der Waals surface area contributed by atoms with E-state index in [1.807, 2.05) is 72.8 Å². The molecule has 0 fully saturated rings. The quantitative estimate of drug-likeness (QED) is 0.559. The first-order valence-electron chi connectivity index (χ1n) is 8.62. The van der Waals surface area contributed by atoms with Crippen molar-refractivity contribution >= 4 is 11.6 Å². The van der Waals surface area contributed by atoms with Gasteiger partial charge in [0.05, 0.1) is 0 Å². The van der Waals surface area contributed by atoms with Crippen LogP contribution < -0.4 is 5.32 Å². The van der Waals surface area contributed by atoms with Crippen LogP contribution in [0, 0.1) is 0 Å². The lowest BCUT2D eigenvalue weighted by Crippen LogP contribution is -2.11. The Bertz CT molecular complexity index is 1050. The number of nitrogens with one attached hydrogen (secondary N) is 1. The highest BCUT2D eigenvalue weighted by molar-refractivity contribution is 6.04. The Morgan fingerprint density at radius 2 is 1.30 bits per heavy atom. The monoisotopic (exact) mass is 351 g/mol. The number of anilines is 1. The van der Waals surface area contributed by atoms with Crippen molar-refractivity contribution < 1.29 is 4.79 Å². The first-order valence-corrected chi connectivity index (χ1v) is 8.62. The third kappa shape index (κ3) is 3.90. The van der Waals surface area contributed by atoms with Gasteiger partial charge < -0.3 is 5.32 Å². The largest absolute Gasteiger partial charge is 0.322 e. The predicted molar refractivity (Wildman–Crippen MR) is 107 cm³/mol. The van der Waals surface area contributed by atoms with Gasteiger partial charge in [0.25, 0.3) is 5.91 Å². The van der Waals surface area contributed by atoms with Crippen molar-refractivity contribution in [3.8, 4) is 22.3 Å². The summed E-state index contributed by atoms with van der Waals surface area (Å²) in [6.45, 7) is 0. The standard InChI is InChI=1S/C23H17N3O/c27-23(18-10-8-17(9-11-18)20-5-2-12-24-15-20)26-22-7-1-4-19(14-22)21-6-3-13-25-16-21/h1-16H,(H,26,27). The van der Waals surface area contributed by atoms with Gasteiger partial charge in [-0.15, -0.1) is 0 Å². The van der Waals surface area contributed by atoms with E-state index in [9.17, 15) is 4.79 Å². The van der Waals surface area contributed by atoms with E-state index in [1.165, 1.54) is 0 Å².